The minimum Gasteiger partial charge on any atom is -0.457 e. The van der Waals surface area contributed by atoms with Gasteiger partial charge in [-0.15, -0.1) is 0 Å². The van der Waals surface area contributed by atoms with Crippen molar-refractivity contribution in [3.05, 3.63) is 100 Å². The van der Waals surface area contributed by atoms with Gasteiger partial charge in [-0.2, -0.15) is 0 Å². The predicted molar refractivity (Wildman–Crippen MR) is 129 cm³/mol. The summed E-state index contributed by atoms with van der Waals surface area (Å²) in [4.78, 5) is 41.6. The van der Waals surface area contributed by atoms with Crippen LogP contribution in [0.15, 0.2) is 82.0 Å². The van der Waals surface area contributed by atoms with Crippen molar-refractivity contribution in [3.63, 3.8) is 0 Å². The summed E-state index contributed by atoms with van der Waals surface area (Å²) in [5.74, 6) is -0.576. The summed E-state index contributed by atoms with van der Waals surface area (Å²) in [5.41, 5.74) is 2.13. The quantitative estimate of drug-likeness (QED) is 0.398. The molecule has 2 N–H and O–H groups in total. The zero-order chi connectivity index (χ0) is 24.1. The van der Waals surface area contributed by atoms with E-state index in [0.717, 1.165) is 5.56 Å². The van der Waals surface area contributed by atoms with Crippen molar-refractivity contribution in [3.8, 4) is 0 Å². The number of nitrogens with zero attached hydrogens (tertiary/aromatic N) is 1. The number of hydrogen-bond acceptors (Lipinski definition) is 7. The molecule has 1 aromatic heterocycles. The Kier molecular flexibility index (Phi) is 6.68. The second kappa shape index (κ2) is 9.99. The molecular formula is C26H23N3O5. The Morgan fingerprint density at radius 2 is 1.76 bits per heavy atom. The highest BCUT2D eigenvalue weighted by Crippen LogP contribution is 2.20. The lowest BCUT2D eigenvalue weighted by Crippen LogP contribution is -2.32. The van der Waals surface area contributed by atoms with Gasteiger partial charge in [0.1, 0.15) is 12.6 Å². The van der Waals surface area contributed by atoms with E-state index >= 15 is 0 Å². The number of amides is 1. The number of nitrogens with one attached hydrogen (secondary N) is 2. The highest BCUT2D eigenvalue weighted by atomic mass is 16.5. The molecule has 0 bridgehead atoms. The number of hydrogen-bond donors (Lipinski definition) is 2. The fraction of sp³-hybridized carbons (Fsp3) is 0.154. The molecule has 1 heterocycles. The Morgan fingerprint density at radius 1 is 1.03 bits per heavy atom. The number of rotatable bonds is 7. The van der Waals surface area contributed by atoms with E-state index in [9.17, 15) is 14.4 Å². The number of aromatic nitrogens is 1. The monoisotopic (exact) mass is 457 g/mol. The highest BCUT2D eigenvalue weighted by Gasteiger charge is 2.18. The van der Waals surface area contributed by atoms with E-state index in [2.05, 4.69) is 15.6 Å². The van der Waals surface area contributed by atoms with Crippen LogP contribution >= 0.6 is 0 Å². The van der Waals surface area contributed by atoms with Gasteiger partial charge in [-0.25, -0.2) is 14.6 Å². The van der Waals surface area contributed by atoms with Crippen LogP contribution in [0.3, 0.4) is 0 Å². The molecule has 3 aromatic carbocycles. The maximum atomic E-state index is 12.8. The summed E-state index contributed by atoms with van der Waals surface area (Å²) < 4.78 is 10.4. The molecule has 0 radical (unpaired) electrons. The molecule has 1 atom stereocenters. The molecule has 8 heteroatoms. The maximum Gasteiger partial charge on any atom is 0.346 e. The van der Waals surface area contributed by atoms with Gasteiger partial charge in [0.2, 0.25) is 5.91 Å². The summed E-state index contributed by atoms with van der Waals surface area (Å²) in [5, 5.41) is 6.20. The summed E-state index contributed by atoms with van der Waals surface area (Å²) >= 11 is 0. The Morgan fingerprint density at radius 3 is 2.56 bits per heavy atom. The lowest BCUT2D eigenvalue weighted by atomic mass is 10.1. The second-order valence-corrected chi connectivity index (χ2v) is 7.71. The first-order valence-electron chi connectivity index (χ1n) is 10.7. The molecule has 0 aliphatic heterocycles. The van der Waals surface area contributed by atoms with Gasteiger partial charge in [0.25, 0.3) is 0 Å². The molecule has 4 aromatic rings. The van der Waals surface area contributed by atoms with Crippen molar-refractivity contribution in [2.24, 2.45) is 0 Å². The zero-order valence-electron chi connectivity index (χ0n) is 18.7. The van der Waals surface area contributed by atoms with Gasteiger partial charge < -0.3 is 19.8 Å². The molecule has 0 fully saturated rings. The largest absolute Gasteiger partial charge is 0.457 e. The van der Waals surface area contributed by atoms with Crippen molar-refractivity contribution in [2.75, 3.05) is 10.6 Å². The fourth-order valence-corrected chi connectivity index (χ4v) is 3.39. The van der Waals surface area contributed by atoms with Gasteiger partial charge in [0.15, 0.2) is 5.89 Å². The van der Waals surface area contributed by atoms with Crippen LogP contribution in [0, 0.1) is 6.92 Å². The van der Waals surface area contributed by atoms with Crippen molar-refractivity contribution in [1.82, 2.24) is 4.98 Å². The van der Waals surface area contributed by atoms with Crippen molar-refractivity contribution in [1.29, 1.82) is 0 Å². The third-order valence-electron chi connectivity index (χ3n) is 5.13. The fourth-order valence-electron chi connectivity index (χ4n) is 3.39. The van der Waals surface area contributed by atoms with Crippen LogP contribution in [0.1, 0.15) is 28.7 Å². The summed E-state index contributed by atoms with van der Waals surface area (Å²) in [6.45, 7) is 3.41. The molecular weight excluding hydrogens is 434 g/mol. The molecule has 1 unspecified atom stereocenters. The minimum atomic E-state index is -0.672. The second-order valence-electron chi connectivity index (χ2n) is 7.71. The molecule has 8 nitrogen and oxygen atoms in total. The van der Waals surface area contributed by atoms with Gasteiger partial charge in [0, 0.05) is 18.3 Å². The number of ether oxygens (including phenoxy) is 1. The lowest BCUT2D eigenvalue weighted by Gasteiger charge is -2.17. The molecule has 172 valence electrons. The Bertz CT molecular complexity index is 1400. The van der Waals surface area contributed by atoms with Gasteiger partial charge in [-0.1, -0.05) is 42.5 Å². The number of anilines is 2. The smallest absolute Gasteiger partial charge is 0.346 e. The molecule has 1 amide bonds. The average molecular weight is 457 g/mol. The summed E-state index contributed by atoms with van der Waals surface area (Å²) in [6, 6.07) is 20.3. The van der Waals surface area contributed by atoms with Crippen LogP contribution < -0.4 is 16.3 Å². The first-order valence-corrected chi connectivity index (χ1v) is 10.7. The van der Waals surface area contributed by atoms with E-state index in [1.54, 1.807) is 56.3 Å². The van der Waals surface area contributed by atoms with Crippen LogP contribution in [0.5, 0.6) is 0 Å². The standard InChI is InChI=1S/C26H23N3O5/c1-16(24(30)29-19-12-13-21-23(14-19)28-17(2)34-26(21)32)27-22-11-7-6-10-20(22)25(31)33-15-18-8-4-3-5-9-18/h3-14,16,27H,15H2,1-2H3,(H,29,30). The van der Waals surface area contributed by atoms with Gasteiger partial charge in [-0.3, -0.25) is 4.79 Å². The number of para-hydroxylation sites is 1. The summed E-state index contributed by atoms with van der Waals surface area (Å²) in [7, 11) is 0. The van der Waals surface area contributed by atoms with Gasteiger partial charge in [-0.05, 0) is 42.8 Å². The van der Waals surface area contributed by atoms with E-state index in [1.165, 1.54) is 0 Å². The SMILES string of the molecule is Cc1nc2cc(NC(=O)C(C)Nc3ccccc3C(=O)OCc3ccccc3)ccc2c(=O)o1. The van der Waals surface area contributed by atoms with Crippen LogP contribution in [0.2, 0.25) is 0 Å². The predicted octanol–water partition coefficient (Wildman–Crippen LogP) is 4.29. The number of aryl methyl sites for hydroxylation is 1. The third-order valence-corrected chi connectivity index (χ3v) is 5.13. The van der Waals surface area contributed by atoms with Crippen molar-refractivity contribution >= 4 is 34.2 Å². The molecule has 34 heavy (non-hydrogen) atoms. The topological polar surface area (TPSA) is 111 Å². The van der Waals surface area contributed by atoms with E-state index in [4.69, 9.17) is 9.15 Å². The van der Waals surface area contributed by atoms with E-state index in [1.807, 2.05) is 30.3 Å². The average Bonchev–Trinajstić information content (AvgIpc) is 2.83. The van der Waals surface area contributed by atoms with E-state index < -0.39 is 17.6 Å². The maximum absolute atomic E-state index is 12.8. The Labute approximate surface area is 195 Å². The van der Waals surface area contributed by atoms with Crippen molar-refractivity contribution < 1.29 is 18.7 Å². The van der Waals surface area contributed by atoms with Crippen molar-refractivity contribution in [2.45, 2.75) is 26.5 Å². The van der Waals surface area contributed by atoms with Crippen LogP contribution in [-0.2, 0) is 16.1 Å². The molecule has 0 aliphatic rings. The Balaban J connectivity index is 1.44. The lowest BCUT2D eigenvalue weighted by molar-refractivity contribution is -0.116. The van der Waals surface area contributed by atoms with Crippen LogP contribution in [0.4, 0.5) is 11.4 Å². The molecule has 4 rings (SSSR count). The first kappa shape index (κ1) is 22.7. The molecule has 0 spiro atoms. The van der Waals surface area contributed by atoms with E-state index in [0.29, 0.717) is 27.8 Å². The van der Waals surface area contributed by atoms with E-state index in [-0.39, 0.29) is 18.4 Å². The number of esters is 1. The minimum absolute atomic E-state index is 0.151. The Hall–Kier alpha value is -4.46. The molecule has 0 aliphatic carbocycles. The van der Waals surface area contributed by atoms with Gasteiger partial charge in [0.05, 0.1) is 16.5 Å². The van der Waals surface area contributed by atoms with Crippen LogP contribution in [0.25, 0.3) is 10.9 Å². The summed E-state index contributed by atoms with van der Waals surface area (Å²) in [6.07, 6.45) is 0. The molecule has 0 saturated carbocycles. The molecule has 0 saturated heterocycles. The van der Waals surface area contributed by atoms with Gasteiger partial charge >= 0.3 is 11.6 Å². The number of carbonyl (C=O) groups excluding carboxylic acids is 2. The third kappa shape index (κ3) is 5.29. The van der Waals surface area contributed by atoms with Crippen LogP contribution in [-0.4, -0.2) is 22.9 Å². The highest BCUT2D eigenvalue weighted by molar-refractivity contribution is 6.00. The number of carbonyl (C=O) groups is 2. The zero-order valence-corrected chi connectivity index (χ0v) is 18.7. The number of benzene rings is 3. The number of fused-ring (bicyclic) bond motifs is 1. The first-order chi connectivity index (χ1) is 16.4. The normalized spacial score (nSPS) is 11.6.